The molecule has 4 nitrogen and oxygen atoms in total. The summed E-state index contributed by atoms with van der Waals surface area (Å²) in [4.78, 5) is -0.557. The molecule has 0 heterocycles. The Hall–Kier alpha value is -1.39. The quantitative estimate of drug-likeness (QED) is 0.798. The molecule has 0 aromatic heterocycles. The lowest BCUT2D eigenvalue weighted by atomic mass is 10.1. The van der Waals surface area contributed by atoms with Gasteiger partial charge in [-0.3, -0.25) is 0 Å². The Morgan fingerprint density at radius 1 is 1.47 bits per heavy atom. The molecule has 0 aliphatic rings. The van der Waals surface area contributed by atoms with Crippen LogP contribution in [-0.2, 0) is 9.05 Å². The van der Waals surface area contributed by atoms with E-state index >= 15 is 0 Å². The van der Waals surface area contributed by atoms with E-state index in [1.807, 2.05) is 0 Å². The third kappa shape index (κ3) is 3.28. The van der Waals surface area contributed by atoms with Crippen LogP contribution in [0.1, 0.15) is 11.1 Å². The van der Waals surface area contributed by atoms with Crippen LogP contribution < -0.4 is 4.74 Å². The van der Waals surface area contributed by atoms with Gasteiger partial charge in [0.1, 0.15) is 10.6 Å². The molecule has 0 unspecified atom stereocenters. The molecular weight excluding hydrogens is 276 g/mol. The van der Waals surface area contributed by atoms with Crippen molar-refractivity contribution in [2.24, 2.45) is 0 Å². The molecule has 0 atom stereocenters. The standard InChI is InChI=1S/C9H6ClF2NO3S/c1-5-2-6(4-13)3-7(16-9(11)12)8(5)17(10,14)15/h2-3,9H,1H3. The summed E-state index contributed by atoms with van der Waals surface area (Å²) >= 11 is 0. The Kier molecular flexibility index (Phi) is 3.91. The maximum atomic E-state index is 12.1. The van der Waals surface area contributed by atoms with Crippen LogP contribution in [0, 0.1) is 18.3 Å². The van der Waals surface area contributed by atoms with E-state index in [2.05, 4.69) is 4.74 Å². The van der Waals surface area contributed by atoms with Crippen molar-refractivity contribution in [3.8, 4) is 11.8 Å². The SMILES string of the molecule is Cc1cc(C#N)cc(OC(F)F)c1S(=O)(=O)Cl. The number of aryl methyl sites for hydroxylation is 1. The van der Waals surface area contributed by atoms with Crippen LogP contribution >= 0.6 is 10.7 Å². The molecule has 0 saturated heterocycles. The van der Waals surface area contributed by atoms with Gasteiger partial charge in [0.2, 0.25) is 0 Å². The van der Waals surface area contributed by atoms with Crippen LogP contribution in [-0.4, -0.2) is 15.0 Å². The molecule has 17 heavy (non-hydrogen) atoms. The van der Waals surface area contributed by atoms with Gasteiger partial charge in [-0.05, 0) is 24.6 Å². The number of hydrogen-bond acceptors (Lipinski definition) is 4. The van der Waals surface area contributed by atoms with Crippen molar-refractivity contribution in [2.75, 3.05) is 0 Å². The normalized spacial score (nSPS) is 11.3. The number of rotatable bonds is 3. The molecule has 1 aromatic carbocycles. The first-order chi connectivity index (χ1) is 7.75. The van der Waals surface area contributed by atoms with Crippen LogP contribution in [0.25, 0.3) is 0 Å². The fraction of sp³-hybridized carbons (Fsp3) is 0.222. The summed E-state index contributed by atoms with van der Waals surface area (Å²) in [6.45, 7) is -1.88. The summed E-state index contributed by atoms with van der Waals surface area (Å²) in [5.41, 5.74) is 0.0666. The second-order valence-corrected chi connectivity index (χ2v) is 5.55. The number of nitrogens with zero attached hydrogens (tertiary/aromatic N) is 1. The van der Waals surface area contributed by atoms with Crippen LogP contribution in [0.2, 0.25) is 0 Å². The van der Waals surface area contributed by atoms with Crippen molar-refractivity contribution >= 4 is 19.7 Å². The zero-order valence-electron chi connectivity index (χ0n) is 8.45. The van der Waals surface area contributed by atoms with Gasteiger partial charge < -0.3 is 4.74 Å². The van der Waals surface area contributed by atoms with Crippen molar-refractivity contribution in [3.63, 3.8) is 0 Å². The van der Waals surface area contributed by atoms with E-state index in [0.717, 1.165) is 6.07 Å². The second kappa shape index (κ2) is 4.85. The lowest BCUT2D eigenvalue weighted by Crippen LogP contribution is -2.07. The monoisotopic (exact) mass is 281 g/mol. The molecule has 0 amide bonds. The Morgan fingerprint density at radius 3 is 2.47 bits per heavy atom. The maximum Gasteiger partial charge on any atom is 0.387 e. The molecule has 0 fully saturated rings. The van der Waals surface area contributed by atoms with Gasteiger partial charge in [-0.25, -0.2) is 8.42 Å². The molecule has 0 bridgehead atoms. The summed E-state index contributed by atoms with van der Waals surface area (Å²) in [6, 6.07) is 3.81. The van der Waals surface area contributed by atoms with Gasteiger partial charge in [0.25, 0.3) is 9.05 Å². The number of hydrogen-bond donors (Lipinski definition) is 0. The van der Waals surface area contributed by atoms with E-state index in [0.29, 0.717) is 0 Å². The highest BCUT2D eigenvalue weighted by Gasteiger charge is 2.23. The maximum absolute atomic E-state index is 12.1. The highest BCUT2D eigenvalue weighted by molar-refractivity contribution is 8.13. The third-order valence-corrected chi connectivity index (χ3v) is 3.30. The summed E-state index contributed by atoms with van der Waals surface area (Å²) in [5.74, 6) is -0.633. The molecule has 0 N–H and O–H groups in total. The zero-order valence-corrected chi connectivity index (χ0v) is 10.0. The smallest absolute Gasteiger partial charge is 0.387 e. The van der Waals surface area contributed by atoms with Gasteiger partial charge in [0.15, 0.2) is 0 Å². The summed E-state index contributed by atoms with van der Waals surface area (Å²) < 4.78 is 50.7. The molecule has 0 radical (unpaired) electrons. The Balaban J connectivity index is 3.52. The van der Waals surface area contributed by atoms with Gasteiger partial charge >= 0.3 is 6.61 Å². The highest BCUT2D eigenvalue weighted by Crippen LogP contribution is 2.32. The average Bonchev–Trinajstić information content (AvgIpc) is 2.13. The van der Waals surface area contributed by atoms with Crippen LogP contribution in [0.4, 0.5) is 8.78 Å². The molecule has 1 rings (SSSR count). The molecule has 0 aliphatic carbocycles. The van der Waals surface area contributed by atoms with Crippen molar-refractivity contribution in [2.45, 2.75) is 18.4 Å². The van der Waals surface area contributed by atoms with E-state index in [9.17, 15) is 17.2 Å². The van der Waals surface area contributed by atoms with Crippen molar-refractivity contribution in [1.82, 2.24) is 0 Å². The summed E-state index contributed by atoms with van der Waals surface area (Å²) in [5, 5.41) is 8.64. The molecule has 0 aliphatic heterocycles. The second-order valence-electron chi connectivity index (χ2n) is 3.05. The minimum atomic E-state index is -4.23. The van der Waals surface area contributed by atoms with E-state index < -0.39 is 26.3 Å². The molecule has 0 saturated carbocycles. The van der Waals surface area contributed by atoms with Gasteiger partial charge in [-0.1, -0.05) is 0 Å². The van der Waals surface area contributed by atoms with Gasteiger partial charge in [0.05, 0.1) is 11.6 Å². The fourth-order valence-electron chi connectivity index (χ4n) is 1.30. The molecular formula is C9H6ClF2NO3S. The van der Waals surface area contributed by atoms with E-state index in [1.165, 1.54) is 13.0 Å². The van der Waals surface area contributed by atoms with Crippen molar-refractivity contribution in [3.05, 3.63) is 23.3 Å². The lowest BCUT2D eigenvalue weighted by Gasteiger charge is -2.11. The molecule has 92 valence electrons. The van der Waals surface area contributed by atoms with Gasteiger partial charge in [-0.15, -0.1) is 0 Å². The number of nitriles is 1. The minimum Gasteiger partial charge on any atom is -0.433 e. The van der Waals surface area contributed by atoms with Gasteiger partial charge in [0, 0.05) is 10.7 Å². The topological polar surface area (TPSA) is 67.2 Å². The molecule has 0 spiro atoms. The Labute approximate surface area is 101 Å². The van der Waals surface area contributed by atoms with E-state index in [4.69, 9.17) is 15.9 Å². The number of ether oxygens (including phenoxy) is 1. The van der Waals surface area contributed by atoms with Crippen LogP contribution in [0.15, 0.2) is 17.0 Å². The third-order valence-electron chi connectivity index (χ3n) is 1.83. The van der Waals surface area contributed by atoms with E-state index in [1.54, 1.807) is 6.07 Å². The molecule has 1 aromatic rings. The fourth-order valence-corrected chi connectivity index (χ4v) is 2.69. The van der Waals surface area contributed by atoms with Crippen molar-refractivity contribution < 1.29 is 21.9 Å². The lowest BCUT2D eigenvalue weighted by molar-refractivity contribution is -0.0517. The van der Waals surface area contributed by atoms with Crippen LogP contribution in [0.5, 0.6) is 5.75 Å². The van der Waals surface area contributed by atoms with Crippen molar-refractivity contribution in [1.29, 1.82) is 5.26 Å². The summed E-state index contributed by atoms with van der Waals surface area (Å²) in [6.07, 6.45) is 0. The van der Waals surface area contributed by atoms with Gasteiger partial charge in [-0.2, -0.15) is 14.0 Å². The highest BCUT2D eigenvalue weighted by atomic mass is 35.7. The first-order valence-electron chi connectivity index (χ1n) is 4.20. The Morgan fingerprint density at radius 2 is 2.06 bits per heavy atom. The number of benzene rings is 1. The zero-order chi connectivity index (χ0) is 13.2. The average molecular weight is 282 g/mol. The van der Waals surface area contributed by atoms with E-state index in [-0.39, 0.29) is 11.1 Å². The first-order valence-corrected chi connectivity index (χ1v) is 6.51. The number of halogens is 3. The predicted octanol–water partition coefficient (Wildman–Crippen LogP) is 2.40. The molecule has 8 heteroatoms. The van der Waals surface area contributed by atoms with Crippen LogP contribution in [0.3, 0.4) is 0 Å². The predicted molar refractivity (Wildman–Crippen MR) is 55.6 cm³/mol. The number of alkyl halides is 2. The first kappa shape index (κ1) is 13.7. The minimum absolute atomic E-state index is 0.00205. The largest absolute Gasteiger partial charge is 0.433 e. The summed E-state index contributed by atoms with van der Waals surface area (Å²) in [7, 11) is 0.882. The Bertz CT molecular complexity index is 581.